The summed E-state index contributed by atoms with van der Waals surface area (Å²) in [5.41, 5.74) is 2.66. The molecule has 202 valence electrons. The van der Waals surface area contributed by atoms with Gasteiger partial charge in [0, 0.05) is 31.9 Å². The molecular weight excluding hydrogens is 494 g/mol. The van der Waals surface area contributed by atoms with E-state index >= 15 is 0 Å². The third-order valence-corrected chi connectivity index (χ3v) is 9.59. The maximum absolute atomic E-state index is 13.0. The second-order valence-corrected chi connectivity index (χ2v) is 13.1. The molecule has 1 saturated heterocycles. The van der Waals surface area contributed by atoms with Gasteiger partial charge >= 0.3 is 5.97 Å². The Balaban J connectivity index is 1.48. The van der Waals surface area contributed by atoms with Crippen LogP contribution in [0.4, 0.5) is 0 Å². The Hall–Kier alpha value is -2.72. The summed E-state index contributed by atoms with van der Waals surface area (Å²) in [5.74, 6) is -0.701. The van der Waals surface area contributed by atoms with Gasteiger partial charge in [-0.15, -0.1) is 0 Å². The van der Waals surface area contributed by atoms with Gasteiger partial charge in [-0.2, -0.15) is 5.10 Å². The van der Waals surface area contributed by atoms with Crippen LogP contribution in [0.25, 0.3) is 0 Å². The van der Waals surface area contributed by atoms with Crippen LogP contribution in [0.15, 0.2) is 29.2 Å². The minimum atomic E-state index is -3.49. The standard InChI is InChI=1S/C27H37N3O6S/c1-5-30-24-22(15-27(17-28-25(24)31)9-11-35-12-10-27)23(29-30)13-19(4)16-36-26(32)20-7-6-8-21(14-20)37(33,34)18(2)3/h6-8,14,18-19H,5,9-13,15-17H2,1-4H3,(H,28,31)/t19-/m1/s1. The number of nitrogens with zero attached hydrogens (tertiary/aromatic N) is 2. The number of sulfone groups is 1. The zero-order valence-electron chi connectivity index (χ0n) is 22.1. The molecule has 1 amide bonds. The largest absolute Gasteiger partial charge is 0.462 e. The first-order valence-electron chi connectivity index (χ1n) is 13.0. The summed E-state index contributed by atoms with van der Waals surface area (Å²) in [7, 11) is -3.49. The third-order valence-electron chi connectivity index (χ3n) is 7.44. The SMILES string of the molecule is CCn1nc(C[C@@H](C)COC(=O)c2cccc(S(=O)(=O)C(C)C)c2)c2c1C(=O)NCC1(CCOCC1)C2. The topological polar surface area (TPSA) is 117 Å². The predicted molar refractivity (Wildman–Crippen MR) is 138 cm³/mol. The second-order valence-electron chi connectivity index (χ2n) is 10.6. The number of aryl methyl sites for hydroxylation is 1. The zero-order valence-corrected chi connectivity index (χ0v) is 22.9. The number of rotatable bonds is 8. The molecule has 1 aromatic carbocycles. The number of carbonyl (C=O) groups excluding carboxylic acids is 2. The van der Waals surface area contributed by atoms with Crippen molar-refractivity contribution in [3.8, 4) is 0 Å². The average Bonchev–Trinajstić information content (AvgIpc) is 3.15. The number of nitrogens with one attached hydrogen (secondary N) is 1. The van der Waals surface area contributed by atoms with Crippen LogP contribution in [0.5, 0.6) is 0 Å². The van der Waals surface area contributed by atoms with Crippen molar-refractivity contribution in [2.75, 3.05) is 26.4 Å². The van der Waals surface area contributed by atoms with Gasteiger partial charge in [-0.1, -0.05) is 13.0 Å². The van der Waals surface area contributed by atoms with Crippen LogP contribution < -0.4 is 5.32 Å². The molecule has 0 radical (unpaired) electrons. The van der Waals surface area contributed by atoms with Gasteiger partial charge in [0.2, 0.25) is 0 Å². The molecule has 3 heterocycles. The molecule has 0 saturated carbocycles. The Kier molecular flexibility index (Phi) is 8.08. The molecule has 10 heteroatoms. The zero-order chi connectivity index (χ0) is 26.8. The van der Waals surface area contributed by atoms with Crippen molar-refractivity contribution in [3.63, 3.8) is 0 Å². The van der Waals surface area contributed by atoms with Crippen LogP contribution in [0.2, 0.25) is 0 Å². The third kappa shape index (κ3) is 5.75. The van der Waals surface area contributed by atoms with Gasteiger partial charge in [0.15, 0.2) is 9.84 Å². The molecule has 2 aliphatic heterocycles. The number of ether oxygens (including phenoxy) is 2. The number of amides is 1. The molecule has 1 N–H and O–H groups in total. The molecule has 0 bridgehead atoms. The van der Waals surface area contributed by atoms with Crippen LogP contribution in [0.1, 0.15) is 72.6 Å². The number of hydrogen-bond donors (Lipinski definition) is 1. The van der Waals surface area contributed by atoms with E-state index in [4.69, 9.17) is 14.6 Å². The molecule has 0 aliphatic carbocycles. The minimum absolute atomic E-state index is 0.0352. The fraction of sp³-hybridized carbons (Fsp3) is 0.593. The number of fused-ring (bicyclic) bond motifs is 1. The Morgan fingerprint density at radius 3 is 2.65 bits per heavy atom. The molecular formula is C27H37N3O6S. The van der Waals surface area contributed by atoms with E-state index in [1.807, 2.05) is 13.8 Å². The maximum atomic E-state index is 13.0. The van der Waals surface area contributed by atoms with Crippen molar-refractivity contribution >= 4 is 21.7 Å². The van der Waals surface area contributed by atoms with Gasteiger partial charge < -0.3 is 14.8 Å². The van der Waals surface area contributed by atoms with Crippen LogP contribution in [-0.2, 0) is 38.7 Å². The smallest absolute Gasteiger partial charge is 0.338 e. The van der Waals surface area contributed by atoms with Crippen LogP contribution >= 0.6 is 0 Å². The van der Waals surface area contributed by atoms with E-state index in [1.165, 1.54) is 12.1 Å². The van der Waals surface area contributed by atoms with Crippen molar-refractivity contribution in [2.45, 2.75) is 70.1 Å². The number of carbonyl (C=O) groups is 2. The Bertz CT molecular complexity index is 1260. The summed E-state index contributed by atoms with van der Waals surface area (Å²) in [6.45, 7) is 9.91. The summed E-state index contributed by atoms with van der Waals surface area (Å²) in [4.78, 5) is 25.8. The van der Waals surface area contributed by atoms with Gasteiger partial charge in [-0.25, -0.2) is 13.2 Å². The van der Waals surface area contributed by atoms with Gasteiger partial charge in [0.1, 0.15) is 5.69 Å². The van der Waals surface area contributed by atoms with Crippen molar-refractivity contribution in [1.82, 2.24) is 15.1 Å². The fourth-order valence-electron chi connectivity index (χ4n) is 5.09. The van der Waals surface area contributed by atoms with Gasteiger partial charge in [-0.05, 0) is 76.0 Å². The molecule has 37 heavy (non-hydrogen) atoms. The number of esters is 1. The van der Waals surface area contributed by atoms with Crippen LogP contribution in [-0.4, -0.2) is 61.7 Å². The monoisotopic (exact) mass is 531 g/mol. The summed E-state index contributed by atoms with van der Waals surface area (Å²) >= 11 is 0. The molecule has 1 fully saturated rings. The lowest BCUT2D eigenvalue weighted by Gasteiger charge is -2.36. The van der Waals surface area contributed by atoms with Crippen molar-refractivity contribution in [2.24, 2.45) is 11.3 Å². The van der Waals surface area contributed by atoms with E-state index < -0.39 is 21.1 Å². The summed E-state index contributed by atoms with van der Waals surface area (Å²) in [6, 6.07) is 5.98. The van der Waals surface area contributed by atoms with Gasteiger partial charge in [0.05, 0.1) is 28.0 Å². The van der Waals surface area contributed by atoms with E-state index in [-0.39, 0.29) is 34.3 Å². The summed E-state index contributed by atoms with van der Waals surface area (Å²) < 4.78 is 37.9. The number of benzene rings is 1. The van der Waals surface area contributed by atoms with E-state index in [2.05, 4.69) is 5.32 Å². The normalized spacial score (nSPS) is 18.2. The highest BCUT2D eigenvalue weighted by Crippen LogP contribution is 2.38. The lowest BCUT2D eigenvalue weighted by Crippen LogP contribution is -2.40. The van der Waals surface area contributed by atoms with Gasteiger partial charge in [-0.3, -0.25) is 9.48 Å². The second kappa shape index (κ2) is 10.9. The number of hydrogen-bond acceptors (Lipinski definition) is 7. The van der Waals surface area contributed by atoms with E-state index in [1.54, 1.807) is 30.7 Å². The molecule has 1 spiro atoms. The first-order valence-corrected chi connectivity index (χ1v) is 14.6. The van der Waals surface area contributed by atoms with Crippen LogP contribution in [0, 0.1) is 11.3 Å². The molecule has 9 nitrogen and oxygen atoms in total. The van der Waals surface area contributed by atoms with Crippen LogP contribution in [0.3, 0.4) is 0 Å². The molecule has 4 rings (SSSR count). The maximum Gasteiger partial charge on any atom is 0.338 e. The Morgan fingerprint density at radius 1 is 1.24 bits per heavy atom. The quantitative estimate of drug-likeness (QED) is 0.520. The highest BCUT2D eigenvalue weighted by Gasteiger charge is 2.39. The van der Waals surface area contributed by atoms with E-state index in [0.717, 1.165) is 30.5 Å². The minimum Gasteiger partial charge on any atom is -0.462 e. The fourth-order valence-corrected chi connectivity index (χ4v) is 6.19. The molecule has 1 aromatic heterocycles. The molecule has 2 aliphatic rings. The van der Waals surface area contributed by atoms with Crippen molar-refractivity contribution in [3.05, 3.63) is 46.8 Å². The lowest BCUT2D eigenvalue weighted by molar-refractivity contribution is 0.0160. The van der Waals surface area contributed by atoms with Crippen molar-refractivity contribution < 1.29 is 27.5 Å². The summed E-state index contributed by atoms with van der Waals surface area (Å²) in [6.07, 6.45) is 3.11. The highest BCUT2D eigenvalue weighted by atomic mass is 32.2. The predicted octanol–water partition coefficient (Wildman–Crippen LogP) is 3.20. The Labute approximate surface area is 218 Å². The first-order chi connectivity index (χ1) is 17.6. The number of aromatic nitrogens is 2. The lowest BCUT2D eigenvalue weighted by atomic mass is 9.75. The van der Waals surface area contributed by atoms with E-state index in [0.29, 0.717) is 38.4 Å². The van der Waals surface area contributed by atoms with Gasteiger partial charge in [0.25, 0.3) is 5.91 Å². The summed E-state index contributed by atoms with van der Waals surface area (Å²) in [5, 5.41) is 7.31. The van der Waals surface area contributed by atoms with Crippen molar-refractivity contribution in [1.29, 1.82) is 0 Å². The average molecular weight is 532 g/mol. The Morgan fingerprint density at radius 2 is 1.97 bits per heavy atom. The highest BCUT2D eigenvalue weighted by molar-refractivity contribution is 7.92. The molecule has 0 unspecified atom stereocenters. The first kappa shape index (κ1) is 27.3. The van der Waals surface area contributed by atoms with E-state index in [9.17, 15) is 18.0 Å². The molecule has 1 atom stereocenters. The molecule has 2 aromatic rings.